The highest BCUT2D eigenvalue weighted by Crippen LogP contribution is 2.44. The molecule has 6 heteroatoms. The molecule has 0 bridgehead atoms. The molecule has 0 aliphatic carbocycles. The molecule has 0 unspecified atom stereocenters. The largest absolute Gasteiger partial charge is 0.370 e. The number of benzene rings is 7. The van der Waals surface area contributed by atoms with Crippen LogP contribution in [0, 0.1) is 13.1 Å². The van der Waals surface area contributed by atoms with Crippen LogP contribution in [0.15, 0.2) is 133 Å². The highest BCUT2D eigenvalue weighted by Gasteiger charge is 2.24. The Morgan fingerprint density at radius 1 is 0.375 bits per heavy atom. The van der Waals surface area contributed by atoms with E-state index in [4.69, 9.17) is 23.1 Å². The lowest BCUT2D eigenvalue weighted by Gasteiger charge is -2.11. The van der Waals surface area contributed by atoms with Gasteiger partial charge in [-0.2, -0.15) is 0 Å². The molecule has 3 aromatic heterocycles. The lowest BCUT2D eigenvalue weighted by Crippen LogP contribution is -1.95. The Bertz CT molecular complexity index is 3070. The van der Waals surface area contributed by atoms with Gasteiger partial charge in [-0.1, -0.05) is 85.9 Å². The van der Waals surface area contributed by atoms with Gasteiger partial charge in [0.2, 0.25) is 11.0 Å². The van der Waals surface area contributed by atoms with Crippen molar-refractivity contribution in [3.63, 3.8) is 0 Å². The number of fused-ring (bicyclic) bond motifs is 12. The van der Waals surface area contributed by atoms with Gasteiger partial charge >= 0.3 is 0 Å². The van der Waals surface area contributed by atoms with Gasteiger partial charge < -0.3 is 18.8 Å². The molecule has 0 saturated carbocycles. The van der Waals surface area contributed by atoms with Gasteiger partial charge in [0.05, 0.1) is 22.1 Å². The average Bonchev–Trinajstić information content (AvgIpc) is 3.65. The molecule has 0 N–H and O–H groups in total. The molecular weight excluding hydrogens is 589 g/mol. The molecule has 10 rings (SSSR count). The first-order valence-electron chi connectivity index (χ1n) is 15.7. The first-order valence-corrected chi connectivity index (χ1v) is 15.7. The molecule has 0 aliphatic heterocycles. The average molecular weight is 611 g/mol. The fraction of sp³-hybridized carbons (Fsp3) is 0. The Kier molecular flexibility index (Phi) is 5.32. The van der Waals surface area contributed by atoms with Crippen LogP contribution in [0.3, 0.4) is 0 Å². The minimum absolute atomic E-state index is 0.0172. The van der Waals surface area contributed by atoms with Crippen molar-refractivity contribution in [3.05, 3.63) is 156 Å². The summed E-state index contributed by atoms with van der Waals surface area (Å²) in [6.45, 7) is 15.7. The van der Waals surface area contributed by atoms with E-state index < -0.39 is 0 Å². The maximum absolute atomic E-state index is 7.84. The van der Waals surface area contributed by atoms with Crippen LogP contribution in [0.2, 0.25) is 0 Å². The van der Waals surface area contributed by atoms with Crippen molar-refractivity contribution in [2.75, 3.05) is 0 Å². The van der Waals surface area contributed by atoms with E-state index >= 15 is 0 Å². The number of rotatable bonds is 2. The molecule has 0 amide bonds. The summed E-state index contributed by atoms with van der Waals surface area (Å²) >= 11 is 0. The van der Waals surface area contributed by atoms with Gasteiger partial charge in [-0.05, 0) is 71.4 Å². The zero-order valence-corrected chi connectivity index (χ0v) is 25.4. The van der Waals surface area contributed by atoms with Crippen LogP contribution in [-0.2, 0) is 0 Å². The molecule has 0 saturated heterocycles. The summed E-state index contributed by atoms with van der Waals surface area (Å²) < 4.78 is 4.60. The van der Waals surface area contributed by atoms with E-state index in [1.165, 1.54) is 0 Å². The van der Waals surface area contributed by atoms with Gasteiger partial charge in [0.25, 0.3) is 11.6 Å². The van der Waals surface area contributed by atoms with Crippen molar-refractivity contribution >= 4 is 87.8 Å². The zero-order chi connectivity index (χ0) is 31.9. The Balaban J connectivity index is 1.46. The topological polar surface area (TPSA) is 44.4 Å². The summed E-state index contributed by atoms with van der Waals surface area (Å²) in [4.78, 5) is 17.0. The van der Waals surface area contributed by atoms with Crippen molar-refractivity contribution in [2.45, 2.75) is 0 Å². The van der Waals surface area contributed by atoms with Crippen molar-refractivity contribution < 1.29 is 0 Å². The van der Waals surface area contributed by atoms with Crippen molar-refractivity contribution in [2.24, 2.45) is 0 Å². The molecule has 0 radical (unpaired) electrons. The van der Waals surface area contributed by atoms with Crippen molar-refractivity contribution in [1.29, 1.82) is 0 Å². The smallest absolute Gasteiger partial charge is 0.294 e. The van der Waals surface area contributed by atoms with E-state index in [2.05, 4.69) is 140 Å². The lowest BCUT2D eigenvalue weighted by molar-refractivity contribution is 1.18. The Labute approximate surface area is 274 Å². The molecule has 10 aromatic rings. The summed E-state index contributed by atoms with van der Waals surface area (Å²) in [5, 5.41) is 8.33. The first kappa shape index (κ1) is 26.2. The summed E-state index contributed by atoms with van der Waals surface area (Å²) in [5.41, 5.74) is 7.72. The summed E-state index contributed by atoms with van der Waals surface area (Å²) in [6, 6.07) is 46.7. The molecular formula is C42H22N6. The molecule has 220 valence electrons. The molecule has 6 nitrogen and oxygen atoms in total. The number of aromatic nitrogens is 4. The fourth-order valence-corrected chi connectivity index (χ4v) is 7.52. The van der Waals surface area contributed by atoms with Gasteiger partial charge in [0.1, 0.15) is 0 Å². The number of nitrogens with zero attached hydrogens (tertiary/aromatic N) is 6. The van der Waals surface area contributed by atoms with E-state index in [0.717, 1.165) is 76.5 Å². The van der Waals surface area contributed by atoms with E-state index in [9.17, 15) is 0 Å². The second-order valence-corrected chi connectivity index (χ2v) is 12.0. The SMILES string of the molecule is [C-]#[N+]c1nc2c3cc4c5ccccc5n(-c5ccccc5)c4cc3c3cc4c5ccccc5n(-c5ccccc5)c4cc3c2nc1[N+]#[C-]. The van der Waals surface area contributed by atoms with Crippen LogP contribution in [0.25, 0.3) is 97.3 Å². The standard InChI is InChI=1S/C42H22N6/c1-43-41-42(44-2)46-40-34-24-38-31(27-17-9-11-19-35(27)48(38)26-15-7-4-8-16-26)21-29(34)30-23-37-32(22-33(30)39(40)45-41)28-18-10-12-20-36(28)47(37)25-13-5-3-6-14-25/h3-24H. The fourth-order valence-electron chi connectivity index (χ4n) is 7.52. The van der Waals surface area contributed by atoms with Crippen LogP contribution >= 0.6 is 0 Å². The third-order valence-corrected chi connectivity index (χ3v) is 9.52. The summed E-state index contributed by atoms with van der Waals surface area (Å²) in [7, 11) is 0. The normalized spacial score (nSPS) is 11.7. The van der Waals surface area contributed by atoms with Crippen LogP contribution in [0.1, 0.15) is 0 Å². The van der Waals surface area contributed by atoms with Gasteiger partial charge in [-0.3, -0.25) is 0 Å². The van der Waals surface area contributed by atoms with Gasteiger partial charge in [-0.15, -0.1) is 9.97 Å². The molecule has 3 heterocycles. The number of para-hydroxylation sites is 4. The monoisotopic (exact) mass is 610 g/mol. The highest BCUT2D eigenvalue weighted by atomic mass is 15.0. The van der Waals surface area contributed by atoms with Gasteiger partial charge in [-0.25, -0.2) is 0 Å². The quantitative estimate of drug-likeness (QED) is 0.144. The van der Waals surface area contributed by atoms with Crippen molar-refractivity contribution in [3.8, 4) is 11.4 Å². The van der Waals surface area contributed by atoms with E-state index in [1.54, 1.807) is 0 Å². The third-order valence-electron chi connectivity index (χ3n) is 9.52. The van der Waals surface area contributed by atoms with E-state index in [-0.39, 0.29) is 11.6 Å². The molecule has 48 heavy (non-hydrogen) atoms. The second kappa shape index (κ2) is 9.74. The van der Waals surface area contributed by atoms with Crippen molar-refractivity contribution in [1.82, 2.24) is 19.1 Å². The maximum Gasteiger partial charge on any atom is 0.294 e. The highest BCUT2D eigenvalue weighted by molar-refractivity contribution is 6.30. The van der Waals surface area contributed by atoms with E-state index in [0.29, 0.717) is 11.0 Å². The second-order valence-electron chi connectivity index (χ2n) is 12.0. The predicted octanol–water partition coefficient (Wildman–Crippen LogP) is 11.2. The van der Waals surface area contributed by atoms with Gasteiger partial charge in [0.15, 0.2) is 0 Å². The third kappa shape index (κ3) is 3.49. The molecule has 0 spiro atoms. The van der Waals surface area contributed by atoms with Gasteiger partial charge in [0, 0.05) is 43.7 Å². The lowest BCUT2D eigenvalue weighted by atomic mass is 9.96. The Morgan fingerprint density at radius 3 is 1.27 bits per heavy atom. The molecule has 0 atom stereocenters. The minimum Gasteiger partial charge on any atom is -0.370 e. The Hall–Kier alpha value is -7.02. The van der Waals surface area contributed by atoms with Crippen LogP contribution in [0.4, 0.5) is 11.6 Å². The molecule has 0 fully saturated rings. The Morgan fingerprint density at radius 2 is 0.771 bits per heavy atom. The molecule has 7 aromatic carbocycles. The van der Waals surface area contributed by atoms with Crippen LogP contribution in [-0.4, -0.2) is 19.1 Å². The molecule has 0 aliphatic rings. The zero-order valence-electron chi connectivity index (χ0n) is 25.4. The first-order chi connectivity index (χ1) is 23.7. The minimum atomic E-state index is 0.0172. The van der Waals surface area contributed by atoms with E-state index in [1.807, 2.05) is 12.1 Å². The summed E-state index contributed by atoms with van der Waals surface area (Å²) in [5.74, 6) is 0.0352. The predicted molar refractivity (Wildman–Crippen MR) is 196 cm³/mol. The number of hydrogen-bond acceptors (Lipinski definition) is 2. The maximum atomic E-state index is 7.84. The van der Waals surface area contributed by atoms with Crippen LogP contribution < -0.4 is 0 Å². The number of hydrogen-bond donors (Lipinski definition) is 0. The summed E-state index contributed by atoms with van der Waals surface area (Å²) in [6.07, 6.45) is 0. The van der Waals surface area contributed by atoms with Crippen LogP contribution in [0.5, 0.6) is 0 Å².